The van der Waals surface area contributed by atoms with Crippen molar-refractivity contribution in [2.45, 2.75) is 58.3 Å². The summed E-state index contributed by atoms with van der Waals surface area (Å²) in [6.07, 6.45) is 11.8. The molecule has 0 radical (unpaired) electrons. The Hall–Kier alpha value is -3.28. The first-order chi connectivity index (χ1) is 16.6. The largest absolute Gasteiger partial charge is 0.497 e. The van der Waals surface area contributed by atoms with E-state index in [0.29, 0.717) is 23.7 Å². The van der Waals surface area contributed by atoms with Crippen LogP contribution in [0.1, 0.15) is 69.4 Å². The highest BCUT2D eigenvalue weighted by atomic mass is 16.6. The van der Waals surface area contributed by atoms with Crippen molar-refractivity contribution in [2.75, 3.05) is 20.8 Å². The summed E-state index contributed by atoms with van der Waals surface area (Å²) in [5.74, 6) is 1.83. The molecule has 2 aromatic carbocycles. The van der Waals surface area contributed by atoms with Gasteiger partial charge in [0, 0.05) is 17.2 Å². The lowest BCUT2D eigenvalue weighted by Crippen LogP contribution is -2.05. The van der Waals surface area contributed by atoms with Gasteiger partial charge in [-0.3, -0.25) is 0 Å². The monoisotopic (exact) mass is 465 g/mol. The minimum atomic E-state index is -0.497. The molecule has 0 N–H and O–H groups in total. The van der Waals surface area contributed by atoms with Gasteiger partial charge in [-0.1, -0.05) is 51.9 Å². The van der Waals surface area contributed by atoms with Crippen molar-refractivity contribution in [1.29, 1.82) is 0 Å². The van der Waals surface area contributed by atoms with Gasteiger partial charge in [0.1, 0.15) is 17.2 Å². The lowest BCUT2D eigenvalue weighted by atomic mass is 10.1. The molecule has 0 bridgehead atoms. The van der Waals surface area contributed by atoms with Crippen LogP contribution in [0.3, 0.4) is 0 Å². The standard InChI is InChI=1S/C28H35NO5/c1-4-5-6-7-8-9-10-11-18-33-23-15-12-21(13-16-23)27-29-25(28(30)34-27)19-22-14-17-24(31-2)20-26(22)32-3/h12-17,19-20H,4-11,18H2,1-3H3/b25-19-. The average Bonchev–Trinajstić information content (AvgIpc) is 3.23. The number of unbranched alkanes of at least 4 members (excludes halogenated alkanes) is 7. The van der Waals surface area contributed by atoms with Crippen molar-refractivity contribution in [3.05, 3.63) is 59.3 Å². The van der Waals surface area contributed by atoms with E-state index in [-0.39, 0.29) is 11.6 Å². The van der Waals surface area contributed by atoms with E-state index in [9.17, 15) is 4.79 Å². The molecule has 1 aliphatic rings. The fourth-order valence-corrected chi connectivity index (χ4v) is 3.74. The van der Waals surface area contributed by atoms with Crippen LogP contribution in [0.2, 0.25) is 0 Å². The number of cyclic esters (lactones) is 1. The average molecular weight is 466 g/mol. The molecular weight excluding hydrogens is 430 g/mol. The molecule has 182 valence electrons. The van der Waals surface area contributed by atoms with Crippen molar-refractivity contribution in [1.82, 2.24) is 0 Å². The molecule has 0 spiro atoms. The van der Waals surface area contributed by atoms with Crippen molar-refractivity contribution in [2.24, 2.45) is 4.99 Å². The summed E-state index contributed by atoms with van der Waals surface area (Å²) in [4.78, 5) is 16.7. The fraction of sp³-hybridized carbons (Fsp3) is 0.429. The summed E-state index contributed by atoms with van der Waals surface area (Å²) in [5.41, 5.74) is 1.65. The molecule has 0 aliphatic carbocycles. The Kier molecular flexibility index (Phi) is 10.0. The highest BCUT2D eigenvalue weighted by molar-refractivity contribution is 6.13. The van der Waals surface area contributed by atoms with E-state index in [2.05, 4.69) is 11.9 Å². The molecule has 0 saturated heterocycles. The second kappa shape index (κ2) is 13.4. The van der Waals surface area contributed by atoms with E-state index < -0.39 is 5.97 Å². The van der Waals surface area contributed by atoms with Gasteiger partial charge in [0.25, 0.3) is 0 Å². The van der Waals surface area contributed by atoms with Gasteiger partial charge < -0.3 is 18.9 Å². The summed E-state index contributed by atoms with van der Waals surface area (Å²) < 4.78 is 21.8. The van der Waals surface area contributed by atoms with Gasteiger partial charge in [0.15, 0.2) is 5.70 Å². The molecule has 3 rings (SSSR count). The van der Waals surface area contributed by atoms with Crippen molar-refractivity contribution >= 4 is 17.9 Å². The Morgan fingerprint density at radius 2 is 1.53 bits per heavy atom. The Morgan fingerprint density at radius 3 is 2.21 bits per heavy atom. The van der Waals surface area contributed by atoms with Gasteiger partial charge in [-0.2, -0.15) is 0 Å². The fourth-order valence-electron chi connectivity index (χ4n) is 3.74. The van der Waals surface area contributed by atoms with Crippen LogP contribution in [-0.4, -0.2) is 32.7 Å². The highest BCUT2D eigenvalue weighted by Gasteiger charge is 2.24. The maximum Gasteiger partial charge on any atom is 0.363 e. The van der Waals surface area contributed by atoms with Crippen LogP contribution in [0.4, 0.5) is 0 Å². The molecule has 6 nitrogen and oxygen atoms in total. The lowest BCUT2D eigenvalue weighted by Gasteiger charge is -2.07. The van der Waals surface area contributed by atoms with Crippen LogP contribution in [-0.2, 0) is 9.53 Å². The number of benzene rings is 2. The molecule has 0 aromatic heterocycles. The zero-order chi connectivity index (χ0) is 24.2. The molecule has 2 aromatic rings. The number of nitrogens with zero attached hydrogens (tertiary/aromatic N) is 1. The van der Waals surface area contributed by atoms with Gasteiger partial charge in [-0.05, 0) is 48.9 Å². The minimum Gasteiger partial charge on any atom is -0.497 e. The molecule has 1 aliphatic heterocycles. The molecule has 0 unspecified atom stereocenters. The number of hydrogen-bond acceptors (Lipinski definition) is 6. The van der Waals surface area contributed by atoms with E-state index in [1.165, 1.54) is 44.9 Å². The molecule has 0 saturated carbocycles. The van der Waals surface area contributed by atoms with E-state index in [0.717, 1.165) is 17.7 Å². The van der Waals surface area contributed by atoms with Crippen molar-refractivity contribution in [3.8, 4) is 17.2 Å². The second-order valence-corrected chi connectivity index (χ2v) is 8.29. The predicted octanol–water partition coefficient (Wildman–Crippen LogP) is 6.57. The van der Waals surface area contributed by atoms with Crippen LogP contribution in [0.25, 0.3) is 6.08 Å². The molecule has 0 amide bonds. The molecule has 34 heavy (non-hydrogen) atoms. The SMILES string of the molecule is CCCCCCCCCCOc1ccc(C2=N/C(=C\c3ccc(OC)cc3OC)C(=O)O2)cc1. The molecule has 6 heteroatoms. The number of hydrogen-bond donors (Lipinski definition) is 0. The van der Waals surface area contributed by atoms with Crippen LogP contribution in [0.15, 0.2) is 53.2 Å². The number of carbonyl (C=O) groups is 1. The predicted molar refractivity (Wildman–Crippen MR) is 135 cm³/mol. The van der Waals surface area contributed by atoms with E-state index in [1.807, 2.05) is 30.3 Å². The summed E-state index contributed by atoms with van der Waals surface area (Å²) in [6, 6.07) is 12.8. The van der Waals surface area contributed by atoms with Gasteiger partial charge in [-0.25, -0.2) is 9.79 Å². The molecular formula is C28H35NO5. The van der Waals surface area contributed by atoms with Crippen molar-refractivity contribution in [3.63, 3.8) is 0 Å². The van der Waals surface area contributed by atoms with Gasteiger partial charge in [0.2, 0.25) is 5.90 Å². The van der Waals surface area contributed by atoms with E-state index >= 15 is 0 Å². The van der Waals surface area contributed by atoms with Crippen LogP contribution >= 0.6 is 0 Å². The summed E-state index contributed by atoms with van der Waals surface area (Å²) >= 11 is 0. The normalized spacial score (nSPS) is 14.1. The molecule has 0 fully saturated rings. The molecule has 1 heterocycles. The number of carbonyl (C=O) groups excluding carboxylic acids is 1. The summed E-state index contributed by atoms with van der Waals surface area (Å²) in [5, 5.41) is 0. The maximum atomic E-state index is 12.4. The number of ether oxygens (including phenoxy) is 4. The third-order valence-corrected chi connectivity index (χ3v) is 5.72. The third-order valence-electron chi connectivity index (χ3n) is 5.72. The summed E-state index contributed by atoms with van der Waals surface area (Å²) in [6.45, 7) is 2.95. The van der Waals surface area contributed by atoms with Gasteiger partial charge in [-0.15, -0.1) is 0 Å². The quantitative estimate of drug-likeness (QED) is 0.179. The number of esters is 1. The zero-order valence-electron chi connectivity index (χ0n) is 20.5. The van der Waals surface area contributed by atoms with E-state index in [1.54, 1.807) is 32.4 Å². The van der Waals surface area contributed by atoms with Crippen LogP contribution < -0.4 is 14.2 Å². The smallest absolute Gasteiger partial charge is 0.363 e. The Balaban J connectivity index is 1.52. The minimum absolute atomic E-state index is 0.216. The van der Waals surface area contributed by atoms with E-state index in [4.69, 9.17) is 18.9 Å². The topological polar surface area (TPSA) is 66.3 Å². The van der Waals surface area contributed by atoms with Gasteiger partial charge >= 0.3 is 5.97 Å². The third kappa shape index (κ3) is 7.37. The Labute approximate surface area is 202 Å². The molecule has 0 atom stereocenters. The van der Waals surface area contributed by atoms with Crippen LogP contribution in [0, 0.1) is 0 Å². The second-order valence-electron chi connectivity index (χ2n) is 8.29. The lowest BCUT2D eigenvalue weighted by molar-refractivity contribution is -0.129. The van der Waals surface area contributed by atoms with Gasteiger partial charge in [0.05, 0.1) is 20.8 Å². The number of rotatable bonds is 14. The Morgan fingerprint density at radius 1 is 0.853 bits per heavy atom. The maximum absolute atomic E-state index is 12.4. The van der Waals surface area contributed by atoms with Crippen LogP contribution in [0.5, 0.6) is 17.2 Å². The van der Waals surface area contributed by atoms with Crippen molar-refractivity contribution < 1.29 is 23.7 Å². The summed E-state index contributed by atoms with van der Waals surface area (Å²) in [7, 11) is 3.15. The Bertz CT molecular complexity index is 994. The first-order valence-electron chi connectivity index (χ1n) is 12.1. The number of methoxy groups -OCH3 is 2. The zero-order valence-corrected chi connectivity index (χ0v) is 20.5. The number of aliphatic imine (C=N–C) groups is 1. The first kappa shape index (κ1) is 25.3. The first-order valence-corrected chi connectivity index (χ1v) is 12.1. The highest BCUT2D eigenvalue weighted by Crippen LogP contribution is 2.28.